The van der Waals surface area contributed by atoms with E-state index in [9.17, 15) is 18.9 Å². The van der Waals surface area contributed by atoms with Gasteiger partial charge in [0.05, 0.1) is 0 Å². The third kappa shape index (κ3) is 7.20. The van der Waals surface area contributed by atoms with E-state index >= 15 is 0 Å². The molecule has 1 rings (SSSR count). The summed E-state index contributed by atoms with van der Waals surface area (Å²) in [5.41, 5.74) is -2.30. The van der Waals surface area contributed by atoms with Crippen LogP contribution in [0.4, 0.5) is 5.69 Å². The second-order valence-corrected chi connectivity index (χ2v) is 6.71. The molecule has 3 N–H and O–H groups in total. The van der Waals surface area contributed by atoms with Gasteiger partial charge in [0.1, 0.15) is 0 Å². The molecule has 7 nitrogen and oxygen atoms in total. The van der Waals surface area contributed by atoms with E-state index in [1.165, 1.54) is 24.3 Å². The van der Waals surface area contributed by atoms with Gasteiger partial charge in [-0.3, -0.25) is 4.57 Å². The van der Waals surface area contributed by atoms with Crippen LogP contribution >= 0.6 is 15.2 Å². The molecule has 0 amide bonds. The number of benzene rings is 1. The fourth-order valence-corrected chi connectivity index (χ4v) is 3.13. The molecule has 1 aromatic rings. The quantitative estimate of drug-likeness (QED) is 0.372. The van der Waals surface area contributed by atoms with E-state index in [0.717, 1.165) is 0 Å². The van der Waals surface area contributed by atoms with Gasteiger partial charge in [0.15, 0.2) is 5.52 Å². The Morgan fingerprint density at radius 1 is 1.06 bits per heavy atom. The van der Waals surface area contributed by atoms with Crippen molar-refractivity contribution in [3.63, 3.8) is 0 Å². The minimum Gasteiger partial charge on any atom is -0.809 e. The van der Waals surface area contributed by atoms with Gasteiger partial charge in [-0.1, -0.05) is 18.2 Å². The molecule has 0 saturated heterocycles. The Morgan fingerprint density at radius 2 is 1.50 bits per heavy atom. The fraction of sp³-hybridized carbons (Fsp3) is 0.143. The van der Waals surface area contributed by atoms with Gasteiger partial charge in [-0.05, 0) is 19.7 Å². The van der Waals surface area contributed by atoms with Gasteiger partial charge in [0, 0.05) is 5.69 Å². The van der Waals surface area contributed by atoms with Crippen molar-refractivity contribution in [1.82, 2.24) is 0 Å². The van der Waals surface area contributed by atoms with Crippen molar-refractivity contribution in [1.29, 1.82) is 0 Å². The van der Waals surface area contributed by atoms with Gasteiger partial charge in [-0.15, -0.1) is 0 Å². The van der Waals surface area contributed by atoms with Crippen LogP contribution in [-0.2, 0) is 9.13 Å². The molecule has 18 heavy (non-hydrogen) atoms. The van der Waals surface area contributed by atoms with Crippen LogP contribution in [0.5, 0.6) is 0 Å². The van der Waals surface area contributed by atoms with E-state index < -0.39 is 20.7 Å². The third-order valence-electron chi connectivity index (χ3n) is 1.69. The Labute approximate surface area is 148 Å². The van der Waals surface area contributed by atoms with Crippen molar-refractivity contribution in [2.45, 2.75) is 5.52 Å². The Bertz CT molecular complexity index is 425. The van der Waals surface area contributed by atoms with Crippen molar-refractivity contribution >= 4 is 20.9 Å². The van der Waals surface area contributed by atoms with Crippen LogP contribution < -0.4 is 74.2 Å². The Kier molecular flexibility index (Phi) is 10.3. The van der Waals surface area contributed by atoms with Crippen LogP contribution in [0.15, 0.2) is 30.3 Å². The molecule has 0 aliphatic heterocycles. The zero-order valence-electron chi connectivity index (χ0n) is 9.89. The molecule has 0 aliphatic rings. The van der Waals surface area contributed by atoms with E-state index in [2.05, 4.69) is 0 Å². The molecular formula is C7H9NNa2O6P2. The summed E-state index contributed by atoms with van der Waals surface area (Å²) in [6.45, 7) is 0. The second-order valence-electron chi connectivity index (χ2n) is 3.01. The van der Waals surface area contributed by atoms with E-state index in [1.54, 1.807) is 6.07 Å². The molecule has 11 heteroatoms. The van der Waals surface area contributed by atoms with E-state index in [1.807, 2.05) is 5.32 Å². The summed E-state index contributed by atoms with van der Waals surface area (Å²) in [4.78, 5) is 38.9. The SMILES string of the molecule is O=P([O-])([O-])C(Nc1ccccc1)P(=O)(O)O.[Na+].[Na+]. The van der Waals surface area contributed by atoms with Crippen LogP contribution in [0.25, 0.3) is 0 Å². The molecule has 0 saturated carbocycles. The van der Waals surface area contributed by atoms with Crippen molar-refractivity contribution in [3.8, 4) is 0 Å². The van der Waals surface area contributed by atoms with Gasteiger partial charge in [0.25, 0.3) is 0 Å². The van der Waals surface area contributed by atoms with Crippen LogP contribution in [0.3, 0.4) is 0 Å². The second kappa shape index (κ2) is 8.57. The average molecular weight is 311 g/mol. The monoisotopic (exact) mass is 311 g/mol. The average Bonchev–Trinajstić information content (AvgIpc) is 2.12. The summed E-state index contributed by atoms with van der Waals surface area (Å²) in [5.74, 6) is 0. The Hall–Kier alpha value is 1.32. The third-order valence-corrected chi connectivity index (χ3v) is 4.93. The maximum absolute atomic E-state index is 10.8. The van der Waals surface area contributed by atoms with Gasteiger partial charge < -0.3 is 29.5 Å². The van der Waals surface area contributed by atoms with Crippen LogP contribution in [0.1, 0.15) is 0 Å². The number of anilines is 1. The molecule has 1 unspecified atom stereocenters. The molecule has 0 fully saturated rings. The van der Waals surface area contributed by atoms with Crippen molar-refractivity contribution in [2.24, 2.45) is 0 Å². The zero-order chi connectivity index (χ0) is 12.4. The minimum absolute atomic E-state index is 0. The predicted molar refractivity (Wildman–Crippen MR) is 53.5 cm³/mol. The maximum Gasteiger partial charge on any atom is 1.00 e. The van der Waals surface area contributed by atoms with E-state index in [4.69, 9.17) is 9.79 Å². The molecule has 0 radical (unpaired) electrons. The normalized spacial score (nSPS) is 12.9. The molecule has 0 heterocycles. The summed E-state index contributed by atoms with van der Waals surface area (Å²) in [6, 6.07) is 7.46. The summed E-state index contributed by atoms with van der Waals surface area (Å²) in [7, 11) is -10.5. The minimum atomic E-state index is -5.44. The number of nitrogens with one attached hydrogen (secondary N) is 1. The largest absolute Gasteiger partial charge is 1.00 e. The molecule has 90 valence electrons. The summed E-state index contributed by atoms with van der Waals surface area (Å²) < 4.78 is 21.5. The van der Waals surface area contributed by atoms with Gasteiger partial charge in [0.2, 0.25) is 0 Å². The van der Waals surface area contributed by atoms with Crippen LogP contribution in [0.2, 0.25) is 0 Å². The van der Waals surface area contributed by atoms with Gasteiger partial charge in [-0.2, -0.15) is 0 Å². The number of hydrogen-bond acceptors (Lipinski definition) is 5. The molecule has 0 aliphatic carbocycles. The molecule has 0 spiro atoms. The first-order chi connectivity index (χ1) is 7.21. The smallest absolute Gasteiger partial charge is 0.809 e. The Morgan fingerprint density at radius 3 is 1.83 bits per heavy atom. The van der Waals surface area contributed by atoms with E-state index in [0.29, 0.717) is 0 Å². The first-order valence-electron chi connectivity index (χ1n) is 4.10. The molecule has 1 atom stereocenters. The number of para-hydroxylation sites is 1. The molecule has 0 aromatic heterocycles. The van der Waals surface area contributed by atoms with Crippen molar-refractivity contribution in [2.75, 3.05) is 5.32 Å². The van der Waals surface area contributed by atoms with Crippen molar-refractivity contribution in [3.05, 3.63) is 30.3 Å². The first kappa shape index (κ1) is 21.6. The predicted octanol–water partition coefficient (Wildman–Crippen LogP) is -6.52. The van der Waals surface area contributed by atoms with Crippen LogP contribution in [-0.4, -0.2) is 15.3 Å². The Balaban J connectivity index is 0. The molecule has 0 bridgehead atoms. The van der Waals surface area contributed by atoms with Gasteiger partial charge in [-0.25, -0.2) is 0 Å². The van der Waals surface area contributed by atoms with Gasteiger partial charge >= 0.3 is 66.7 Å². The number of hydrogen-bond donors (Lipinski definition) is 3. The van der Waals surface area contributed by atoms with Crippen molar-refractivity contribution < 1.29 is 87.8 Å². The molecule has 1 aromatic carbocycles. The summed E-state index contributed by atoms with van der Waals surface area (Å²) >= 11 is 0. The molecular weight excluding hydrogens is 302 g/mol. The van der Waals surface area contributed by atoms with Crippen LogP contribution in [0, 0.1) is 0 Å². The standard InChI is InChI=1S/C7H11NO6P2.2Na/c9-15(10,11)7(16(12,13)14)8-6-4-2-1-3-5-6;;/h1-5,7-8H,(H2,9,10,11)(H2,12,13,14);;/q;2*+1/p-2. The van der Waals surface area contributed by atoms with E-state index in [-0.39, 0.29) is 64.8 Å². The first-order valence-corrected chi connectivity index (χ1v) is 7.39. The zero-order valence-corrected chi connectivity index (χ0v) is 15.7. The summed E-state index contributed by atoms with van der Waals surface area (Å²) in [6.07, 6.45) is 0. The number of rotatable bonds is 4. The summed E-state index contributed by atoms with van der Waals surface area (Å²) in [5, 5.41) is 2.01. The fourth-order valence-electron chi connectivity index (χ4n) is 1.03. The maximum atomic E-state index is 10.8. The topological polar surface area (TPSA) is 133 Å².